The molecule has 0 aliphatic carbocycles. The molecule has 0 bridgehead atoms. The Labute approximate surface area is 120 Å². The number of rotatable bonds is 9. The molecule has 0 saturated heterocycles. The molecule has 2 N–H and O–H groups in total. The van der Waals surface area contributed by atoms with Gasteiger partial charge in [0, 0.05) is 13.0 Å². The van der Waals surface area contributed by atoms with E-state index in [0.717, 1.165) is 0 Å². The molecule has 0 saturated carbocycles. The van der Waals surface area contributed by atoms with Crippen molar-refractivity contribution in [1.82, 2.24) is 5.32 Å². The summed E-state index contributed by atoms with van der Waals surface area (Å²) in [6.07, 6.45) is -4.28. The molecule has 0 aliphatic rings. The molecular weight excluding hydrogens is 287 g/mol. The lowest BCUT2D eigenvalue weighted by molar-refractivity contribution is -0.135. The number of aromatic carboxylic acids is 1. The Kier molecular flexibility index (Phi) is 7.01. The number of unbranched alkanes of at least 4 members (excludes halogenated alkanes) is 1. The van der Waals surface area contributed by atoms with Crippen LogP contribution in [0.25, 0.3) is 0 Å². The third-order valence-corrected chi connectivity index (χ3v) is 2.69. The van der Waals surface area contributed by atoms with E-state index in [2.05, 4.69) is 5.32 Å². The molecule has 0 aromatic heterocycles. The first kappa shape index (κ1) is 17.3. The smallest absolute Gasteiger partial charge is 0.389 e. The van der Waals surface area contributed by atoms with E-state index >= 15 is 0 Å². The molecule has 7 heteroatoms. The first-order chi connectivity index (χ1) is 9.88. The summed E-state index contributed by atoms with van der Waals surface area (Å²) < 4.78 is 41.0. The zero-order valence-corrected chi connectivity index (χ0v) is 11.4. The van der Waals surface area contributed by atoms with Gasteiger partial charge in [0.25, 0.3) is 0 Å². The molecule has 0 unspecified atom stereocenters. The van der Waals surface area contributed by atoms with Crippen LogP contribution in [-0.4, -0.2) is 36.9 Å². The maximum absolute atomic E-state index is 11.9. The van der Waals surface area contributed by atoms with Crippen LogP contribution in [0, 0.1) is 0 Å². The standard InChI is InChI=1S/C14H18F3NO3/c15-14(16,17)6-1-2-7-18-8-9-21-12-5-3-4-11(10-12)13(19)20/h3-5,10,18H,1-2,6-9H2,(H,19,20). The number of hydrogen-bond donors (Lipinski definition) is 2. The highest BCUT2D eigenvalue weighted by Gasteiger charge is 2.25. The van der Waals surface area contributed by atoms with Gasteiger partial charge in [0.05, 0.1) is 5.56 Å². The second-order valence-electron chi connectivity index (χ2n) is 4.50. The average molecular weight is 305 g/mol. The topological polar surface area (TPSA) is 58.6 Å². The van der Waals surface area contributed by atoms with Gasteiger partial charge in [-0.05, 0) is 37.6 Å². The summed E-state index contributed by atoms with van der Waals surface area (Å²) in [5.41, 5.74) is 0.146. The fourth-order valence-electron chi connectivity index (χ4n) is 1.66. The molecule has 1 rings (SSSR count). The van der Waals surface area contributed by atoms with Crippen molar-refractivity contribution in [2.45, 2.75) is 25.4 Å². The molecule has 0 fully saturated rings. The van der Waals surface area contributed by atoms with Crippen LogP contribution in [0.2, 0.25) is 0 Å². The van der Waals surface area contributed by atoms with Crippen molar-refractivity contribution in [3.63, 3.8) is 0 Å². The minimum absolute atomic E-state index is 0.109. The molecular formula is C14H18F3NO3. The number of halogens is 3. The first-order valence-corrected chi connectivity index (χ1v) is 6.62. The highest BCUT2D eigenvalue weighted by Crippen LogP contribution is 2.21. The zero-order valence-electron chi connectivity index (χ0n) is 11.4. The van der Waals surface area contributed by atoms with Crippen molar-refractivity contribution in [1.29, 1.82) is 0 Å². The Bertz CT molecular complexity index is 449. The largest absolute Gasteiger partial charge is 0.492 e. The van der Waals surface area contributed by atoms with Gasteiger partial charge in [-0.1, -0.05) is 6.07 Å². The van der Waals surface area contributed by atoms with Crippen LogP contribution >= 0.6 is 0 Å². The van der Waals surface area contributed by atoms with E-state index in [0.29, 0.717) is 31.9 Å². The monoisotopic (exact) mass is 305 g/mol. The number of nitrogens with one attached hydrogen (secondary N) is 1. The lowest BCUT2D eigenvalue weighted by Gasteiger charge is -2.09. The van der Waals surface area contributed by atoms with Crippen LogP contribution in [0.3, 0.4) is 0 Å². The fourth-order valence-corrected chi connectivity index (χ4v) is 1.66. The molecule has 0 heterocycles. The lowest BCUT2D eigenvalue weighted by Crippen LogP contribution is -2.22. The predicted molar refractivity (Wildman–Crippen MR) is 71.7 cm³/mol. The van der Waals surface area contributed by atoms with Crippen LogP contribution < -0.4 is 10.1 Å². The number of carbonyl (C=O) groups is 1. The van der Waals surface area contributed by atoms with Gasteiger partial charge in [0.1, 0.15) is 12.4 Å². The number of carboxylic acid groups (broad SMARTS) is 1. The summed E-state index contributed by atoms with van der Waals surface area (Å²) in [5.74, 6) is -0.572. The molecule has 0 amide bonds. The van der Waals surface area contributed by atoms with Crippen LogP contribution in [0.4, 0.5) is 13.2 Å². The summed E-state index contributed by atoms with van der Waals surface area (Å²) in [4.78, 5) is 10.8. The number of hydrogen-bond acceptors (Lipinski definition) is 3. The van der Waals surface area contributed by atoms with Gasteiger partial charge in [0.15, 0.2) is 0 Å². The highest BCUT2D eigenvalue weighted by atomic mass is 19.4. The van der Waals surface area contributed by atoms with Crippen LogP contribution in [0.1, 0.15) is 29.6 Å². The lowest BCUT2D eigenvalue weighted by atomic mass is 10.2. The third kappa shape index (κ3) is 8.19. The maximum atomic E-state index is 11.9. The van der Waals surface area contributed by atoms with E-state index in [4.69, 9.17) is 9.84 Å². The molecule has 21 heavy (non-hydrogen) atoms. The normalized spacial score (nSPS) is 11.4. The fraction of sp³-hybridized carbons (Fsp3) is 0.500. The quantitative estimate of drug-likeness (QED) is 0.688. The molecule has 1 aromatic rings. The van der Waals surface area contributed by atoms with Gasteiger partial charge in [-0.25, -0.2) is 4.79 Å². The average Bonchev–Trinajstić information content (AvgIpc) is 2.41. The Morgan fingerprint density at radius 3 is 2.67 bits per heavy atom. The second-order valence-corrected chi connectivity index (χ2v) is 4.50. The SMILES string of the molecule is O=C(O)c1cccc(OCCNCCCCC(F)(F)F)c1. The summed E-state index contributed by atoms with van der Waals surface area (Å²) in [5, 5.41) is 11.8. The molecule has 118 valence electrons. The first-order valence-electron chi connectivity index (χ1n) is 6.62. The van der Waals surface area contributed by atoms with Gasteiger partial charge in [-0.2, -0.15) is 13.2 Å². The van der Waals surface area contributed by atoms with E-state index in [1.165, 1.54) is 12.1 Å². The summed E-state index contributed by atoms with van der Waals surface area (Å²) in [7, 11) is 0. The van der Waals surface area contributed by atoms with Crippen molar-refractivity contribution in [3.05, 3.63) is 29.8 Å². The Hall–Kier alpha value is -1.76. The third-order valence-electron chi connectivity index (χ3n) is 2.69. The molecule has 0 spiro atoms. The summed E-state index contributed by atoms with van der Waals surface area (Å²) in [6.45, 7) is 1.31. The highest BCUT2D eigenvalue weighted by molar-refractivity contribution is 5.87. The summed E-state index contributed by atoms with van der Waals surface area (Å²) >= 11 is 0. The Morgan fingerprint density at radius 1 is 1.24 bits per heavy atom. The van der Waals surface area contributed by atoms with Gasteiger partial charge < -0.3 is 15.2 Å². The van der Waals surface area contributed by atoms with Crippen molar-refractivity contribution in [3.8, 4) is 5.75 Å². The van der Waals surface area contributed by atoms with Gasteiger partial charge in [0.2, 0.25) is 0 Å². The van der Waals surface area contributed by atoms with Crippen molar-refractivity contribution < 1.29 is 27.8 Å². The van der Waals surface area contributed by atoms with Crippen LogP contribution in [0.15, 0.2) is 24.3 Å². The molecule has 0 atom stereocenters. The molecule has 0 aliphatic heterocycles. The van der Waals surface area contributed by atoms with E-state index in [1.54, 1.807) is 12.1 Å². The predicted octanol–water partition coefficient (Wildman–Crippen LogP) is 3.09. The van der Waals surface area contributed by atoms with E-state index in [-0.39, 0.29) is 12.0 Å². The second kappa shape index (κ2) is 8.51. The van der Waals surface area contributed by atoms with Gasteiger partial charge >= 0.3 is 12.1 Å². The van der Waals surface area contributed by atoms with Crippen molar-refractivity contribution >= 4 is 5.97 Å². The number of carboxylic acids is 1. The van der Waals surface area contributed by atoms with Crippen molar-refractivity contribution in [2.24, 2.45) is 0 Å². The molecule has 1 aromatic carbocycles. The Balaban J connectivity index is 2.09. The van der Waals surface area contributed by atoms with E-state index in [9.17, 15) is 18.0 Å². The van der Waals surface area contributed by atoms with Crippen LogP contribution in [-0.2, 0) is 0 Å². The minimum atomic E-state index is -4.09. The number of alkyl halides is 3. The number of benzene rings is 1. The molecule has 4 nitrogen and oxygen atoms in total. The number of ether oxygens (including phenoxy) is 1. The summed E-state index contributed by atoms with van der Waals surface area (Å²) in [6, 6.07) is 6.12. The van der Waals surface area contributed by atoms with E-state index in [1.807, 2.05) is 0 Å². The van der Waals surface area contributed by atoms with Crippen molar-refractivity contribution in [2.75, 3.05) is 19.7 Å². The minimum Gasteiger partial charge on any atom is -0.492 e. The van der Waals surface area contributed by atoms with Gasteiger partial charge in [-0.15, -0.1) is 0 Å². The maximum Gasteiger partial charge on any atom is 0.389 e. The zero-order chi connectivity index (χ0) is 15.7. The van der Waals surface area contributed by atoms with Crippen LogP contribution in [0.5, 0.6) is 5.75 Å². The van der Waals surface area contributed by atoms with E-state index < -0.39 is 18.6 Å². The Morgan fingerprint density at radius 2 is 2.00 bits per heavy atom. The van der Waals surface area contributed by atoms with Gasteiger partial charge in [-0.3, -0.25) is 0 Å². The molecule has 0 radical (unpaired) electrons.